The van der Waals surface area contributed by atoms with Crippen LogP contribution in [0, 0.1) is 0 Å². The van der Waals surface area contributed by atoms with Gasteiger partial charge >= 0.3 is 0 Å². The van der Waals surface area contributed by atoms with Gasteiger partial charge in [0, 0.05) is 22.3 Å². The van der Waals surface area contributed by atoms with Gasteiger partial charge in [-0.2, -0.15) is 0 Å². The van der Waals surface area contributed by atoms with Crippen molar-refractivity contribution in [1.82, 2.24) is 5.32 Å². The summed E-state index contributed by atoms with van der Waals surface area (Å²) in [5, 5.41) is 3.75. The molecule has 1 spiro atoms. The van der Waals surface area contributed by atoms with E-state index in [1.54, 1.807) is 0 Å². The minimum absolute atomic E-state index is 0.0105. The maximum atomic E-state index is 6.53. The average Bonchev–Trinajstić information content (AvgIpc) is 3.46. The highest BCUT2D eigenvalue weighted by molar-refractivity contribution is 6.02. The van der Waals surface area contributed by atoms with Crippen molar-refractivity contribution < 1.29 is 4.74 Å². The normalized spacial score (nSPS) is 15.9. The fraction of sp³-hybridized carbons (Fsp3) is 0.0444. The topological polar surface area (TPSA) is 33.6 Å². The molecular formula is C45H30N2O. The van der Waals surface area contributed by atoms with Crippen LogP contribution in [0.3, 0.4) is 0 Å². The van der Waals surface area contributed by atoms with E-state index >= 15 is 0 Å². The molecule has 0 saturated carbocycles. The second-order valence-electron chi connectivity index (χ2n) is 12.7. The SMILES string of the molecule is c1ccc(C2=Nc3ccccc3C(c3ccc(-c4cccc5c4-c4ccccc4C54c5ccccc5Oc5ccccc54)cc3)N2)cc1. The standard InChI is InChI=1S/C45H30N2O/c1-2-13-31(14-3-1)44-46-39-22-9-5-16-34(39)43(47-44)30-27-25-29(26-28-30)32-17-12-21-38-42(32)33-15-4-6-18-35(33)45(38)36-19-7-10-23-40(36)48-41-24-11-8-20-37(41)45/h1-28,43H,(H,46,47). The third kappa shape index (κ3) is 3.79. The number of nitrogens with one attached hydrogen (secondary N) is 1. The highest BCUT2D eigenvalue weighted by Gasteiger charge is 2.51. The third-order valence-electron chi connectivity index (χ3n) is 10.2. The van der Waals surface area contributed by atoms with Gasteiger partial charge in [-0.15, -0.1) is 0 Å². The first-order chi connectivity index (χ1) is 23.8. The second kappa shape index (κ2) is 10.4. The van der Waals surface area contributed by atoms with Crippen LogP contribution in [0.15, 0.2) is 175 Å². The summed E-state index contributed by atoms with van der Waals surface area (Å²) >= 11 is 0. The van der Waals surface area contributed by atoms with Crippen LogP contribution in [0.4, 0.5) is 5.69 Å². The Morgan fingerprint density at radius 2 is 1.08 bits per heavy atom. The van der Waals surface area contributed by atoms with Crippen molar-refractivity contribution in [2.45, 2.75) is 11.5 Å². The number of nitrogens with zero attached hydrogens (tertiary/aromatic N) is 1. The number of fused-ring (bicyclic) bond motifs is 10. The molecule has 10 rings (SSSR count). The summed E-state index contributed by atoms with van der Waals surface area (Å²) < 4.78 is 6.53. The Morgan fingerprint density at radius 3 is 1.85 bits per heavy atom. The molecule has 1 atom stereocenters. The summed E-state index contributed by atoms with van der Waals surface area (Å²) in [6.07, 6.45) is 0. The molecule has 0 amide bonds. The van der Waals surface area contributed by atoms with Gasteiger partial charge in [0.1, 0.15) is 17.3 Å². The minimum atomic E-state index is -0.476. The van der Waals surface area contributed by atoms with Crippen molar-refractivity contribution in [3.05, 3.63) is 209 Å². The van der Waals surface area contributed by atoms with E-state index in [0.29, 0.717) is 0 Å². The van der Waals surface area contributed by atoms with Crippen LogP contribution >= 0.6 is 0 Å². The van der Waals surface area contributed by atoms with Gasteiger partial charge in [0.15, 0.2) is 0 Å². The molecule has 2 aliphatic heterocycles. The summed E-state index contributed by atoms with van der Waals surface area (Å²) in [6, 6.07) is 60.7. The van der Waals surface area contributed by atoms with Crippen LogP contribution in [-0.4, -0.2) is 5.84 Å². The van der Waals surface area contributed by atoms with Crippen LogP contribution in [0.1, 0.15) is 45.0 Å². The lowest BCUT2D eigenvalue weighted by molar-refractivity contribution is 0.436. The zero-order valence-electron chi connectivity index (χ0n) is 26.1. The van der Waals surface area contributed by atoms with Crippen LogP contribution in [0.5, 0.6) is 11.5 Å². The van der Waals surface area contributed by atoms with Crippen molar-refractivity contribution in [2.75, 3.05) is 0 Å². The van der Waals surface area contributed by atoms with Gasteiger partial charge in [-0.05, 0) is 57.1 Å². The fourth-order valence-corrected chi connectivity index (χ4v) is 8.21. The Labute approximate surface area is 279 Å². The quantitative estimate of drug-likeness (QED) is 0.215. The van der Waals surface area contributed by atoms with Crippen LogP contribution < -0.4 is 10.1 Å². The highest BCUT2D eigenvalue weighted by Crippen LogP contribution is 2.63. The molecule has 48 heavy (non-hydrogen) atoms. The largest absolute Gasteiger partial charge is 0.457 e. The van der Waals surface area contributed by atoms with Gasteiger partial charge in [0.25, 0.3) is 0 Å². The van der Waals surface area contributed by atoms with Gasteiger partial charge in [-0.1, -0.05) is 152 Å². The number of amidine groups is 1. The van der Waals surface area contributed by atoms with Gasteiger partial charge in [0.2, 0.25) is 0 Å². The van der Waals surface area contributed by atoms with Crippen LogP contribution in [0.2, 0.25) is 0 Å². The molecule has 1 N–H and O–H groups in total. The van der Waals surface area contributed by atoms with E-state index in [1.165, 1.54) is 55.6 Å². The van der Waals surface area contributed by atoms with E-state index in [4.69, 9.17) is 9.73 Å². The molecule has 0 fully saturated rings. The van der Waals surface area contributed by atoms with E-state index in [9.17, 15) is 0 Å². The molecule has 0 radical (unpaired) electrons. The van der Waals surface area contributed by atoms with E-state index in [2.05, 4.69) is 169 Å². The Bertz CT molecular complexity index is 2360. The molecule has 226 valence electrons. The Kier molecular flexibility index (Phi) is 5.85. The number of hydrogen-bond acceptors (Lipinski definition) is 3. The number of aliphatic imine (C=N–C) groups is 1. The molecule has 1 unspecified atom stereocenters. The smallest absolute Gasteiger partial charge is 0.134 e. The second-order valence-corrected chi connectivity index (χ2v) is 12.7. The Morgan fingerprint density at radius 1 is 0.479 bits per heavy atom. The van der Waals surface area contributed by atoms with Crippen molar-refractivity contribution in [1.29, 1.82) is 0 Å². The molecule has 7 aromatic carbocycles. The molecule has 2 heterocycles. The lowest BCUT2D eigenvalue weighted by Gasteiger charge is -2.39. The molecule has 1 aliphatic carbocycles. The first-order valence-electron chi connectivity index (χ1n) is 16.5. The lowest BCUT2D eigenvalue weighted by Crippen LogP contribution is -2.32. The van der Waals surface area contributed by atoms with E-state index < -0.39 is 5.41 Å². The van der Waals surface area contributed by atoms with Crippen molar-refractivity contribution in [3.8, 4) is 33.8 Å². The Hall–Kier alpha value is -6.19. The predicted molar refractivity (Wildman–Crippen MR) is 193 cm³/mol. The zero-order valence-corrected chi connectivity index (χ0v) is 26.1. The van der Waals surface area contributed by atoms with E-state index in [1.807, 2.05) is 6.07 Å². The molecule has 3 aliphatic rings. The number of rotatable bonds is 3. The zero-order chi connectivity index (χ0) is 31.7. The molecule has 7 aromatic rings. The summed E-state index contributed by atoms with van der Waals surface area (Å²) in [5.74, 6) is 2.71. The summed E-state index contributed by atoms with van der Waals surface area (Å²) in [7, 11) is 0. The van der Waals surface area contributed by atoms with Gasteiger partial charge in [0.05, 0.1) is 17.1 Å². The van der Waals surface area contributed by atoms with Crippen molar-refractivity contribution in [3.63, 3.8) is 0 Å². The predicted octanol–water partition coefficient (Wildman–Crippen LogP) is 10.6. The van der Waals surface area contributed by atoms with Crippen molar-refractivity contribution >= 4 is 11.5 Å². The third-order valence-corrected chi connectivity index (χ3v) is 10.2. The number of ether oxygens (including phenoxy) is 1. The summed E-state index contributed by atoms with van der Waals surface area (Å²) in [5.41, 5.74) is 13.9. The maximum absolute atomic E-state index is 6.53. The number of hydrogen-bond donors (Lipinski definition) is 1. The van der Waals surface area contributed by atoms with Gasteiger partial charge in [-0.25, -0.2) is 4.99 Å². The van der Waals surface area contributed by atoms with Crippen LogP contribution in [0.25, 0.3) is 22.3 Å². The van der Waals surface area contributed by atoms with E-state index in [0.717, 1.165) is 28.6 Å². The first kappa shape index (κ1) is 27.0. The highest BCUT2D eigenvalue weighted by atomic mass is 16.5. The molecule has 3 nitrogen and oxygen atoms in total. The maximum Gasteiger partial charge on any atom is 0.134 e. The summed E-state index contributed by atoms with van der Waals surface area (Å²) in [4.78, 5) is 4.99. The molecular weight excluding hydrogens is 585 g/mol. The number of para-hydroxylation sites is 3. The minimum Gasteiger partial charge on any atom is -0.457 e. The lowest BCUT2D eigenvalue weighted by atomic mass is 9.66. The summed E-state index contributed by atoms with van der Waals surface area (Å²) in [6.45, 7) is 0. The Balaban J connectivity index is 1.12. The van der Waals surface area contributed by atoms with Crippen molar-refractivity contribution in [2.24, 2.45) is 4.99 Å². The molecule has 3 heteroatoms. The fourth-order valence-electron chi connectivity index (χ4n) is 8.21. The first-order valence-corrected chi connectivity index (χ1v) is 16.5. The van der Waals surface area contributed by atoms with E-state index in [-0.39, 0.29) is 6.04 Å². The molecule has 0 saturated heterocycles. The molecule has 0 bridgehead atoms. The van der Waals surface area contributed by atoms with Gasteiger partial charge in [-0.3, -0.25) is 0 Å². The average molecular weight is 615 g/mol. The monoisotopic (exact) mass is 614 g/mol. The molecule has 0 aromatic heterocycles. The van der Waals surface area contributed by atoms with Gasteiger partial charge < -0.3 is 10.1 Å². The van der Waals surface area contributed by atoms with Crippen LogP contribution in [-0.2, 0) is 5.41 Å². The number of benzene rings is 7.